The minimum atomic E-state index is -3.07. The van der Waals surface area contributed by atoms with Crippen molar-refractivity contribution in [2.75, 3.05) is 12.3 Å². The molecule has 0 heterocycles. The molecule has 2 N–H and O–H groups in total. The zero-order chi connectivity index (χ0) is 13.0. The normalized spacial score (nSPS) is 10.4. The van der Waals surface area contributed by atoms with Crippen LogP contribution in [0.2, 0.25) is 0 Å². The summed E-state index contributed by atoms with van der Waals surface area (Å²) in [5.41, 5.74) is 5.28. The summed E-state index contributed by atoms with van der Waals surface area (Å²) in [6.07, 6.45) is 0. The molecule has 0 aliphatic rings. The highest BCUT2D eigenvalue weighted by Crippen LogP contribution is 2.34. The van der Waals surface area contributed by atoms with Crippen LogP contribution in [0, 0.1) is 0 Å². The second-order valence-corrected chi connectivity index (χ2v) is 3.79. The van der Waals surface area contributed by atoms with E-state index in [1.165, 1.54) is 12.1 Å². The number of ether oxygens (including phenoxy) is 2. The lowest BCUT2D eigenvalue weighted by molar-refractivity contribution is -0.0499. The summed E-state index contributed by atoms with van der Waals surface area (Å²) in [7, 11) is 0. The van der Waals surface area contributed by atoms with Crippen LogP contribution < -0.4 is 10.5 Å². The number of carbonyl (C=O) groups excluding carboxylic acids is 1. The van der Waals surface area contributed by atoms with Crippen molar-refractivity contribution in [2.45, 2.75) is 13.5 Å². The van der Waals surface area contributed by atoms with Gasteiger partial charge in [-0.05, 0) is 35.0 Å². The number of halogens is 3. The van der Waals surface area contributed by atoms with E-state index in [9.17, 15) is 13.6 Å². The second kappa shape index (κ2) is 5.81. The summed E-state index contributed by atoms with van der Waals surface area (Å²) in [5, 5.41) is 0. The van der Waals surface area contributed by atoms with Gasteiger partial charge in [-0.3, -0.25) is 0 Å². The van der Waals surface area contributed by atoms with Crippen molar-refractivity contribution in [3.8, 4) is 5.75 Å². The van der Waals surface area contributed by atoms with Crippen LogP contribution in [0.3, 0.4) is 0 Å². The van der Waals surface area contributed by atoms with E-state index in [2.05, 4.69) is 20.7 Å². The molecule has 1 aromatic rings. The molecule has 0 unspecified atom stereocenters. The van der Waals surface area contributed by atoms with Gasteiger partial charge in [0.05, 0.1) is 12.3 Å². The molecule has 0 radical (unpaired) electrons. The number of nitrogen functional groups attached to an aromatic ring is 1. The molecule has 0 aliphatic carbocycles. The summed E-state index contributed by atoms with van der Waals surface area (Å²) >= 11 is 3.06. The first-order valence-corrected chi connectivity index (χ1v) is 5.46. The van der Waals surface area contributed by atoms with Crippen molar-refractivity contribution < 1.29 is 23.0 Å². The molecule has 0 saturated heterocycles. The minimum absolute atomic E-state index is 0.0587. The van der Waals surface area contributed by atoms with Gasteiger partial charge in [0.1, 0.15) is 5.56 Å². The molecule has 0 saturated carbocycles. The van der Waals surface area contributed by atoms with E-state index in [1.807, 2.05) is 0 Å². The van der Waals surface area contributed by atoms with E-state index in [0.717, 1.165) is 0 Å². The average molecular weight is 310 g/mol. The van der Waals surface area contributed by atoms with Gasteiger partial charge in [-0.2, -0.15) is 8.78 Å². The highest BCUT2D eigenvalue weighted by atomic mass is 79.9. The molecule has 0 amide bonds. The van der Waals surface area contributed by atoms with Gasteiger partial charge < -0.3 is 15.2 Å². The number of benzene rings is 1. The van der Waals surface area contributed by atoms with Crippen LogP contribution in [-0.4, -0.2) is 19.2 Å². The van der Waals surface area contributed by atoms with Crippen LogP contribution in [0.5, 0.6) is 5.75 Å². The van der Waals surface area contributed by atoms with Gasteiger partial charge in [-0.1, -0.05) is 0 Å². The van der Waals surface area contributed by atoms with Gasteiger partial charge in [0.2, 0.25) is 0 Å². The lowest BCUT2D eigenvalue weighted by Gasteiger charge is -2.13. The Bertz CT molecular complexity index is 426. The minimum Gasteiger partial charge on any atom is -0.462 e. The molecule has 1 aromatic carbocycles. The Morgan fingerprint density at radius 3 is 2.71 bits per heavy atom. The highest BCUT2D eigenvalue weighted by Gasteiger charge is 2.22. The van der Waals surface area contributed by atoms with Crippen LogP contribution in [0.15, 0.2) is 16.6 Å². The van der Waals surface area contributed by atoms with Gasteiger partial charge in [0.25, 0.3) is 0 Å². The van der Waals surface area contributed by atoms with Crippen LogP contribution in [0.25, 0.3) is 0 Å². The van der Waals surface area contributed by atoms with E-state index in [4.69, 9.17) is 10.5 Å². The highest BCUT2D eigenvalue weighted by molar-refractivity contribution is 9.10. The van der Waals surface area contributed by atoms with E-state index < -0.39 is 12.6 Å². The zero-order valence-corrected chi connectivity index (χ0v) is 10.5. The first-order valence-electron chi connectivity index (χ1n) is 4.67. The third-order valence-corrected chi connectivity index (χ3v) is 2.48. The fourth-order valence-corrected chi connectivity index (χ4v) is 1.66. The molecule has 0 spiro atoms. The Morgan fingerprint density at radius 1 is 1.53 bits per heavy atom. The Morgan fingerprint density at radius 2 is 2.18 bits per heavy atom. The summed E-state index contributed by atoms with van der Waals surface area (Å²) in [6.45, 7) is -1.35. The maximum Gasteiger partial charge on any atom is 0.387 e. The third kappa shape index (κ3) is 3.29. The first-order chi connectivity index (χ1) is 7.97. The molecule has 0 aromatic heterocycles. The van der Waals surface area contributed by atoms with E-state index >= 15 is 0 Å². The topological polar surface area (TPSA) is 61.5 Å². The smallest absolute Gasteiger partial charge is 0.387 e. The molecule has 0 fully saturated rings. The van der Waals surface area contributed by atoms with Gasteiger partial charge >= 0.3 is 12.6 Å². The predicted octanol–water partition coefficient (Wildman–Crippen LogP) is 2.81. The van der Waals surface area contributed by atoms with Crippen LogP contribution in [0.1, 0.15) is 17.3 Å². The largest absolute Gasteiger partial charge is 0.462 e. The van der Waals surface area contributed by atoms with Crippen molar-refractivity contribution in [3.05, 3.63) is 22.2 Å². The summed E-state index contributed by atoms with van der Waals surface area (Å²) in [5.74, 6) is -1.16. The number of hydrogen-bond donors (Lipinski definition) is 1. The lowest BCUT2D eigenvalue weighted by Crippen LogP contribution is -2.13. The molecule has 1 rings (SSSR count). The number of nitrogens with two attached hydrogens (primary N) is 1. The van der Waals surface area contributed by atoms with Crippen molar-refractivity contribution in [2.24, 2.45) is 0 Å². The van der Waals surface area contributed by atoms with Crippen molar-refractivity contribution in [1.82, 2.24) is 0 Å². The summed E-state index contributed by atoms with van der Waals surface area (Å²) in [6, 6.07) is 2.81. The van der Waals surface area contributed by atoms with Crippen LogP contribution in [0.4, 0.5) is 14.5 Å². The standard InChI is InChI=1S/C10H10BrF2NO3/c1-2-16-9(15)7-5(11)3-4-6(14)8(7)17-10(12)13/h3-4,10H,2,14H2,1H3. The predicted molar refractivity (Wildman–Crippen MR) is 61.1 cm³/mol. The molecule has 0 bridgehead atoms. The van der Waals surface area contributed by atoms with Crippen LogP contribution >= 0.6 is 15.9 Å². The molecular weight excluding hydrogens is 300 g/mol. The molecular formula is C10H10BrF2NO3. The monoisotopic (exact) mass is 309 g/mol. The molecule has 4 nitrogen and oxygen atoms in total. The SMILES string of the molecule is CCOC(=O)c1c(Br)ccc(N)c1OC(F)F. The molecule has 0 atom stereocenters. The number of anilines is 1. The molecule has 0 aliphatic heterocycles. The van der Waals surface area contributed by atoms with Crippen molar-refractivity contribution in [3.63, 3.8) is 0 Å². The number of esters is 1. The molecule has 94 valence electrons. The Hall–Kier alpha value is -1.37. The first kappa shape index (κ1) is 13.7. The van der Waals surface area contributed by atoms with Gasteiger partial charge in [0, 0.05) is 4.47 Å². The summed E-state index contributed by atoms with van der Waals surface area (Å²) < 4.78 is 33.7. The van der Waals surface area contributed by atoms with Gasteiger partial charge in [-0.15, -0.1) is 0 Å². The van der Waals surface area contributed by atoms with Crippen LogP contribution in [-0.2, 0) is 4.74 Å². The lowest BCUT2D eigenvalue weighted by atomic mass is 10.1. The van der Waals surface area contributed by atoms with E-state index in [0.29, 0.717) is 0 Å². The molecule has 7 heteroatoms. The summed E-state index contributed by atoms with van der Waals surface area (Å²) in [4.78, 5) is 11.6. The van der Waals surface area contributed by atoms with Crippen molar-refractivity contribution in [1.29, 1.82) is 0 Å². The maximum absolute atomic E-state index is 12.2. The van der Waals surface area contributed by atoms with E-state index in [-0.39, 0.29) is 28.1 Å². The van der Waals surface area contributed by atoms with Gasteiger partial charge in [0.15, 0.2) is 5.75 Å². The number of carbonyl (C=O) groups is 1. The fraction of sp³-hybridized carbons (Fsp3) is 0.300. The molecule has 17 heavy (non-hydrogen) atoms. The Labute approximate surface area is 105 Å². The maximum atomic E-state index is 12.2. The number of rotatable bonds is 4. The number of hydrogen-bond acceptors (Lipinski definition) is 4. The fourth-order valence-electron chi connectivity index (χ4n) is 1.18. The van der Waals surface area contributed by atoms with Crippen molar-refractivity contribution >= 4 is 27.6 Å². The van der Waals surface area contributed by atoms with E-state index in [1.54, 1.807) is 6.92 Å². The Kier molecular flexibility index (Phi) is 4.68. The second-order valence-electron chi connectivity index (χ2n) is 2.94. The average Bonchev–Trinajstić information content (AvgIpc) is 2.23. The number of alkyl halides is 2. The third-order valence-electron chi connectivity index (χ3n) is 1.82. The van der Waals surface area contributed by atoms with Gasteiger partial charge in [-0.25, -0.2) is 4.79 Å². The Balaban J connectivity index is 3.24. The zero-order valence-electron chi connectivity index (χ0n) is 8.88. The quantitative estimate of drug-likeness (QED) is 0.686.